The van der Waals surface area contributed by atoms with Crippen molar-refractivity contribution in [3.8, 4) is 0 Å². The van der Waals surface area contributed by atoms with Gasteiger partial charge in [0.15, 0.2) is 0 Å². The largest absolute Gasteiger partial charge is 0.373 e. The summed E-state index contributed by atoms with van der Waals surface area (Å²) in [6.45, 7) is 4.06. The van der Waals surface area contributed by atoms with Crippen LogP contribution in [-0.2, 0) is 12.8 Å². The second-order valence-electron chi connectivity index (χ2n) is 4.58. The van der Waals surface area contributed by atoms with Crippen molar-refractivity contribution in [2.45, 2.75) is 26.7 Å². The molecule has 0 aliphatic carbocycles. The van der Waals surface area contributed by atoms with Gasteiger partial charge in [-0.1, -0.05) is 24.6 Å². The van der Waals surface area contributed by atoms with Crippen LogP contribution >= 0.6 is 11.6 Å². The molecule has 1 heterocycles. The Morgan fingerprint density at radius 1 is 1.30 bits per heavy atom. The Kier molecular flexibility index (Phi) is 4.55. The van der Waals surface area contributed by atoms with Crippen molar-refractivity contribution in [1.29, 1.82) is 0 Å². The van der Waals surface area contributed by atoms with Crippen molar-refractivity contribution >= 4 is 17.4 Å². The first-order chi connectivity index (χ1) is 9.55. The van der Waals surface area contributed by atoms with Gasteiger partial charge in [-0.05, 0) is 31.0 Å². The highest BCUT2D eigenvalue weighted by atomic mass is 35.5. The minimum absolute atomic E-state index is 0.339. The van der Waals surface area contributed by atoms with Crippen molar-refractivity contribution in [3.63, 3.8) is 0 Å². The molecule has 1 aromatic heterocycles. The summed E-state index contributed by atoms with van der Waals surface area (Å²) in [6.07, 6.45) is 1.33. The van der Waals surface area contributed by atoms with E-state index in [1.807, 2.05) is 14.0 Å². The zero-order valence-electron chi connectivity index (χ0n) is 11.8. The van der Waals surface area contributed by atoms with Gasteiger partial charge in [0.05, 0.1) is 0 Å². The molecule has 0 saturated carbocycles. The number of nitrogens with zero attached hydrogens (tertiary/aromatic N) is 2. The molecular weight excluding hydrogens is 277 g/mol. The Bertz CT molecular complexity index is 604. The summed E-state index contributed by atoms with van der Waals surface area (Å²) in [5, 5.41) is 3.48. The predicted octanol–water partition coefficient (Wildman–Crippen LogP) is 3.77. The van der Waals surface area contributed by atoms with Crippen LogP contribution in [0.25, 0.3) is 0 Å². The molecule has 0 atom stereocenters. The number of aryl methyl sites for hydroxylation is 1. The third-order valence-electron chi connectivity index (χ3n) is 3.23. The van der Waals surface area contributed by atoms with Crippen molar-refractivity contribution in [2.24, 2.45) is 0 Å². The summed E-state index contributed by atoms with van der Waals surface area (Å²) in [5.74, 6) is 1.17. The number of aromatic nitrogens is 2. The first-order valence-electron chi connectivity index (χ1n) is 6.53. The van der Waals surface area contributed by atoms with Crippen LogP contribution < -0.4 is 5.32 Å². The maximum absolute atomic E-state index is 13.1. The van der Waals surface area contributed by atoms with E-state index in [-0.39, 0.29) is 5.82 Å². The van der Waals surface area contributed by atoms with Crippen molar-refractivity contribution in [1.82, 2.24) is 9.97 Å². The highest BCUT2D eigenvalue weighted by Gasteiger charge is 2.11. The van der Waals surface area contributed by atoms with E-state index in [0.29, 0.717) is 17.3 Å². The number of benzene rings is 1. The molecule has 0 aliphatic rings. The van der Waals surface area contributed by atoms with Gasteiger partial charge in [-0.15, -0.1) is 0 Å². The minimum Gasteiger partial charge on any atom is -0.373 e. The summed E-state index contributed by atoms with van der Waals surface area (Å²) in [6, 6.07) is 4.38. The Morgan fingerprint density at radius 3 is 2.65 bits per heavy atom. The maximum atomic E-state index is 13.1. The summed E-state index contributed by atoms with van der Waals surface area (Å²) in [4.78, 5) is 9.04. The maximum Gasteiger partial charge on any atom is 0.135 e. The third kappa shape index (κ3) is 3.07. The summed E-state index contributed by atoms with van der Waals surface area (Å²) in [5.41, 5.74) is 2.89. The number of hydrogen-bond donors (Lipinski definition) is 1. The zero-order valence-corrected chi connectivity index (χ0v) is 12.6. The number of hydrogen-bond acceptors (Lipinski definition) is 3. The molecule has 5 heteroatoms. The predicted molar refractivity (Wildman–Crippen MR) is 79.9 cm³/mol. The van der Waals surface area contributed by atoms with E-state index in [4.69, 9.17) is 11.6 Å². The van der Waals surface area contributed by atoms with Gasteiger partial charge in [0, 0.05) is 29.7 Å². The van der Waals surface area contributed by atoms with Gasteiger partial charge >= 0.3 is 0 Å². The van der Waals surface area contributed by atoms with Crippen molar-refractivity contribution in [2.75, 3.05) is 12.4 Å². The lowest BCUT2D eigenvalue weighted by Crippen LogP contribution is -2.07. The Labute approximate surface area is 123 Å². The summed E-state index contributed by atoms with van der Waals surface area (Å²) in [7, 11) is 1.84. The number of halogens is 2. The SMILES string of the molecule is CCc1nc(Cc2ccc(F)cc2Cl)nc(NC)c1C. The first-order valence-corrected chi connectivity index (χ1v) is 6.91. The zero-order chi connectivity index (χ0) is 14.7. The molecule has 2 rings (SSSR count). The van der Waals surface area contributed by atoms with Crippen LogP contribution in [-0.4, -0.2) is 17.0 Å². The first kappa shape index (κ1) is 14.7. The Morgan fingerprint density at radius 2 is 2.05 bits per heavy atom. The van der Waals surface area contributed by atoms with Gasteiger partial charge in [0.2, 0.25) is 0 Å². The van der Waals surface area contributed by atoms with Crippen LogP contribution in [0.3, 0.4) is 0 Å². The Hall–Kier alpha value is -1.68. The van der Waals surface area contributed by atoms with Crippen LogP contribution in [0.5, 0.6) is 0 Å². The highest BCUT2D eigenvalue weighted by molar-refractivity contribution is 6.31. The normalized spacial score (nSPS) is 10.7. The van der Waals surface area contributed by atoms with Crippen molar-refractivity contribution in [3.05, 3.63) is 51.7 Å². The summed E-state index contributed by atoms with van der Waals surface area (Å²) < 4.78 is 13.1. The van der Waals surface area contributed by atoms with Gasteiger partial charge in [0.25, 0.3) is 0 Å². The molecular formula is C15H17ClFN3. The average molecular weight is 294 g/mol. The van der Waals surface area contributed by atoms with E-state index in [1.165, 1.54) is 12.1 Å². The highest BCUT2D eigenvalue weighted by Crippen LogP contribution is 2.21. The molecule has 0 spiro atoms. The molecule has 0 unspecified atom stereocenters. The quantitative estimate of drug-likeness (QED) is 0.932. The molecule has 0 radical (unpaired) electrons. The molecule has 20 heavy (non-hydrogen) atoms. The standard InChI is InChI=1S/C15H17ClFN3/c1-4-13-9(2)15(18-3)20-14(19-13)7-10-5-6-11(17)8-12(10)16/h5-6,8H,4,7H2,1-3H3,(H,18,19,20). The van der Waals surface area contributed by atoms with Gasteiger partial charge < -0.3 is 5.32 Å². The molecule has 0 amide bonds. The lowest BCUT2D eigenvalue weighted by molar-refractivity contribution is 0.627. The molecule has 1 aromatic carbocycles. The molecule has 0 bridgehead atoms. The van der Waals surface area contributed by atoms with E-state index in [9.17, 15) is 4.39 Å². The van der Waals surface area contributed by atoms with Gasteiger partial charge in [0.1, 0.15) is 17.5 Å². The number of anilines is 1. The molecule has 3 nitrogen and oxygen atoms in total. The second kappa shape index (κ2) is 6.18. The van der Waals surface area contributed by atoms with Crippen LogP contribution in [0.1, 0.15) is 29.6 Å². The second-order valence-corrected chi connectivity index (χ2v) is 4.98. The van der Waals surface area contributed by atoms with Crippen LogP contribution in [0.15, 0.2) is 18.2 Å². The van der Waals surface area contributed by atoms with Crippen molar-refractivity contribution < 1.29 is 4.39 Å². The van der Waals surface area contributed by atoms with E-state index in [2.05, 4.69) is 22.2 Å². The van der Waals surface area contributed by atoms with Crippen LogP contribution in [0.2, 0.25) is 5.02 Å². The molecule has 0 fully saturated rings. The molecule has 0 aliphatic heterocycles. The number of rotatable bonds is 4. The fraction of sp³-hybridized carbons (Fsp3) is 0.333. The minimum atomic E-state index is -0.339. The number of nitrogens with one attached hydrogen (secondary N) is 1. The fourth-order valence-electron chi connectivity index (χ4n) is 2.12. The fourth-order valence-corrected chi connectivity index (χ4v) is 2.35. The smallest absolute Gasteiger partial charge is 0.135 e. The monoisotopic (exact) mass is 293 g/mol. The van der Waals surface area contributed by atoms with E-state index < -0.39 is 0 Å². The molecule has 1 N–H and O–H groups in total. The summed E-state index contributed by atoms with van der Waals surface area (Å²) >= 11 is 6.05. The average Bonchev–Trinajstić information content (AvgIpc) is 2.43. The molecule has 2 aromatic rings. The lowest BCUT2D eigenvalue weighted by Gasteiger charge is -2.11. The lowest BCUT2D eigenvalue weighted by atomic mass is 10.1. The van der Waals surface area contributed by atoms with Crippen LogP contribution in [0, 0.1) is 12.7 Å². The third-order valence-corrected chi connectivity index (χ3v) is 3.58. The van der Waals surface area contributed by atoms with E-state index in [0.717, 1.165) is 29.1 Å². The molecule has 0 saturated heterocycles. The van der Waals surface area contributed by atoms with Gasteiger partial charge in [-0.2, -0.15) is 0 Å². The molecule has 106 valence electrons. The topological polar surface area (TPSA) is 37.8 Å². The van der Waals surface area contributed by atoms with Crippen LogP contribution in [0.4, 0.5) is 10.2 Å². The van der Waals surface area contributed by atoms with E-state index in [1.54, 1.807) is 6.07 Å². The van der Waals surface area contributed by atoms with E-state index >= 15 is 0 Å². The Balaban J connectivity index is 2.38. The van der Waals surface area contributed by atoms with Gasteiger partial charge in [-0.25, -0.2) is 14.4 Å². The van der Waals surface area contributed by atoms with Gasteiger partial charge in [-0.3, -0.25) is 0 Å².